The van der Waals surface area contributed by atoms with Crippen LogP contribution in [0.4, 0.5) is 0 Å². The monoisotopic (exact) mass is 183 g/mol. The second-order valence-electron chi connectivity index (χ2n) is 6.08. The molecule has 1 saturated carbocycles. The van der Waals surface area contributed by atoms with E-state index in [4.69, 9.17) is 0 Å². The van der Waals surface area contributed by atoms with E-state index in [2.05, 4.69) is 53.8 Å². The van der Waals surface area contributed by atoms with Gasteiger partial charge in [0.1, 0.15) is 0 Å². The predicted molar refractivity (Wildman–Crippen MR) is 58.8 cm³/mol. The smallest absolute Gasteiger partial charge is 0.0183 e. The third kappa shape index (κ3) is 1.63. The predicted octanol–water partition coefficient (Wildman–Crippen LogP) is 3.06. The van der Waals surface area contributed by atoms with Crippen molar-refractivity contribution >= 4 is 0 Å². The van der Waals surface area contributed by atoms with Gasteiger partial charge >= 0.3 is 0 Å². The lowest BCUT2D eigenvalue weighted by Gasteiger charge is -2.18. The Morgan fingerprint density at radius 2 is 1.31 bits per heavy atom. The Morgan fingerprint density at radius 3 is 1.54 bits per heavy atom. The molecule has 0 aromatic rings. The fourth-order valence-corrected chi connectivity index (χ4v) is 2.07. The summed E-state index contributed by atoms with van der Waals surface area (Å²) in [4.78, 5) is 0. The van der Waals surface area contributed by atoms with Crippen LogP contribution in [0.25, 0.3) is 0 Å². The van der Waals surface area contributed by atoms with Crippen LogP contribution in [0.3, 0.4) is 0 Å². The highest BCUT2D eigenvalue weighted by atomic mass is 15.1. The van der Waals surface area contributed by atoms with Gasteiger partial charge in [0.15, 0.2) is 0 Å². The molecule has 1 heteroatoms. The van der Waals surface area contributed by atoms with Crippen molar-refractivity contribution in [2.75, 3.05) is 0 Å². The van der Waals surface area contributed by atoms with Crippen LogP contribution in [0.5, 0.6) is 0 Å². The van der Waals surface area contributed by atoms with Gasteiger partial charge in [-0.2, -0.15) is 0 Å². The van der Waals surface area contributed by atoms with Crippen molar-refractivity contribution in [2.24, 2.45) is 16.7 Å². The molecule has 1 nitrogen and oxygen atoms in total. The first-order chi connectivity index (χ1) is 5.71. The maximum atomic E-state index is 3.73. The summed E-state index contributed by atoms with van der Waals surface area (Å²) in [7, 11) is 0. The number of hydrogen-bond donors (Lipinski definition) is 1. The standard InChI is InChI=1S/C12H25N/c1-8(2)9(3)13-10-11(4,5)12(10,6)7/h8-10,13H,1-7H3. The molecule has 1 fully saturated rings. The Hall–Kier alpha value is -0.0400. The van der Waals surface area contributed by atoms with Crippen LogP contribution in [0.2, 0.25) is 0 Å². The molecule has 0 bridgehead atoms. The van der Waals surface area contributed by atoms with Crippen molar-refractivity contribution in [2.45, 2.75) is 60.5 Å². The SMILES string of the molecule is CC(C)C(C)NC1C(C)(C)C1(C)C. The molecular weight excluding hydrogens is 158 g/mol. The summed E-state index contributed by atoms with van der Waals surface area (Å²) >= 11 is 0. The molecule has 0 aromatic carbocycles. The lowest BCUT2D eigenvalue weighted by atomic mass is 10.0. The van der Waals surface area contributed by atoms with E-state index in [1.165, 1.54) is 0 Å². The van der Waals surface area contributed by atoms with E-state index in [0.717, 1.165) is 5.92 Å². The van der Waals surface area contributed by atoms with E-state index >= 15 is 0 Å². The lowest BCUT2D eigenvalue weighted by molar-refractivity contribution is 0.395. The number of rotatable bonds is 3. The van der Waals surface area contributed by atoms with Gasteiger partial charge in [0.2, 0.25) is 0 Å². The fourth-order valence-electron chi connectivity index (χ4n) is 2.07. The largest absolute Gasteiger partial charge is 0.310 e. The van der Waals surface area contributed by atoms with Gasteiger partial charge in [-0.25, -0.2) is 0 Å². The minimum atomic E-state index is 0.468. The first-order valence-corrected chi connectivity index (χ1v) is 5.47. The summed E-state index contributed by atoms with van der Waals surface area (Å²) in [6, 6.07) is 1.32. The molecule has 1 N–H and O–H groups in total. The van der Waals surface area contributed by atoms with Gasteiger partial charge in [0, 0.05) is 12.1 Å². The average molecular weight is 183 g/mol. The summed E-state index contributed by atoms with van der Waals surface area (Å²) in [5.74, 6) is 0.729. The summed E-state index contributed by atoms with van der Waals surface area (Å²) < 4.78 is 0. The molecule has 0 aliphatic heterocycles. The van der Waals surface area contributed by atoms with Gasteiger partial charge in [-0.05, 0) is 23.7 Å². The van der Waals surface area contributed by atoms with E-state index in [1.807, 2.05) is 0 Å². The highest BCUT2D eigenvalue weighted by molar-refractivity contribution is 5.18. The molecule has 0 radical (unpaired) electrons. The van der Waals surface area contributed by atoms with Gasteiger partial charge < -0.3 is 5.32 Å². The molecule has 1 atom stereocenters. The average Bonchev–Trinajstić information content (AvgIpc) is 2.32. The summed E-state index contributed by atoms with van der Waals surface area (Å²) in [5.41, 5.74) is 0.937. The van der Waals surface area contributed by atoms with Crippen LogP contribution in [0.1, 0.15) is 48.5 Å². The normalized spacial score (nSPS) is 27.7. The molecule has 1 rings (SSSR count). The van der Waals surface area contributed by atoms with Crippen LogP contribution < -0.4 is 5.32 Å². The molecule has 0 aromatic heterocycles. The summed E-state index contributed by atoms with van der Waals surface area (Å²) in [6.45, 7) is 16.3. The molecule has 0 saturated heterocycles. The van der Waals surface area contributed by atoms with E-state index in [0.29, 0.717) is 22.9 Å². The Morgan fingerprint density at radius 1 is 0.923 bits per heavy atom. The fraction of sp³-hybridized carbons (Fsp3) is 1.00. The Bertz CT molecular complexity index is 177. The van der Waals surface area contributed by atoms with Gasteiger partial charge in [-0.15, -0.1) is 0 Å². The molecule has 0 spiro atoms. The van der Waals surface area contributed by atoms with Crippen molar-refractivity contribution in [1.29, 1.82) is 0 Å². The van der Waals surface area contributed by atoms with Crippen LogP contribution in [0.15, 0.2) is 0 Å². The van der Waals surface area contributed by atoms with E-state index in [9.17, 15) is 0 Å². The van der Waals surface area contributed by atoms with Crippen molar-refractivity contribution in [1.82, 2.24) is 5.32 Å². The van der Waals surface area contributed by atoms with Crippen molar-refractivity contribution in [3.05, 3.63) is 0 Å². The van der Waals surface area contributed by atoms with Crippen molar-refractivity contribution in [3.63, 3.8) is 0 Å². The van der Waals surface area contributed by atoms with E-state index in [-0.39, 0.29) is 0 Å². The Kier molecular flexibility index (Phi) is 2.53. The zero-order valence-corrected chi connectivity index (χ0v) is 10.2. The topological polar surface area (TPSA) is 12.0 Å². The van der Waals surface area contributed by atoms with Gasteiger partial charge in [-0.1, -0.05) is 41.5 Å². The zero-order valence-electron chi connectivity index (χ0n) is 10.2. The highest BCUT2D eigenvalue weighted by Gasteiger charge is 2.64. The zero-order chi connectivity index (χ0) is 10.4. The third-order valence-electron chi connectivity index (χ3n) is 4.45. The van der Waals surface area contributed by atoms with E-state index < -0.39 is 0 Å². The lowest BCUT2D eigenvalue weighted by Crippen LogP contribution is -2.35. The van der Waals surface area contributed by atoms with Crippen LogP contribution in [-0.4, -0.2) is 12.1 Å². The van der Waals surface area contributed by atoms with Gasteiger partial charge in [-0.3, -0.25) is 0 Å². The molecule has 1 unspecified atom stereocenters. The summed E-state index contributed by atoms with van der Waals surface area (Å²) in [5, 5.41) is 3.73. The maximum Gasteiger partial charge on any atom is 0.0183 e. The van der Waals surface area contributed by atoms with Crippen LogP contribution >= 0.6 is 0 Å². The Labute approximate surface area is 83.3 Å². The second-order valence-corrected chi connectivity index (χ2v) is 6.08. The maximum absolute atomic E-state index is 3.73. The van der Waals surface area contributed by atoms with Crippen molar-refractivity contribution in [3.8, 4) is 0 Å². The molecular formula is C12H25N. The third-order valence-corrected chi connectivity index (χ3v) is 4.45. The highest BCUT2D eigenvalue weighted by Crippen LogP contribution is 2.62. The van der Waals surface area contributed by atoms with Gasteiger partial charge in [0.25, 0.3) is 0 Å². The molecule has 13 heavy (non-hydrogen) atoms. The minimum absolute atomic E-state index is 0.468. The first-order valence-electron chi connectivity index (χ1n) is 5.47. The van der Waals surface area contributed by atoms with Crippen LogP contribution in [0, 0.1) is 16.7 Å². The molecule has 78 valence electrons. The van der Waals surface area contributed by atoms with E-state index in [1.54, 1.807) is 0 Å². The minimum Gasteiger partial charge on any atom is -0.310 e. The molecule has 1 aliphatic rings. The number of nitrogens with one attached hydrogen (secondary N) is 1. The quantitative estimate of drug-likeness (QED) is 0.709. The van der Waals surface area contributed by atoms with Crippen LogP contribution in [-0.2, 0) is 0 Å². The van der Waals surface area contributed by atoms with Gasteiger partial charge in [0.05, 0.1) is 0 Å². The molecule has 1 aliphatic carbocycles. The first kappa shape index (κ1) is 11.0. The second kappa shape index (κ2) is 2.98. The summed E-state index contributed by atoms with van der Waals surface area (Å²) in [6.07, 6.45) is 0. The van der Waals surface area contributed by atoms with Crippen molar-refractivity contribution < 1.29 is 0 Å². The number of hydrogen-bond acceptors (Lipinski definition) is 1. The molecule has 0 heterocycles. The molecule has 0 amide bonds. The Balaban J connectivity index is 2.51.